The summed E-state index contributed by atoms with van der Waals surface area (Å²) in [6, 6.07) is 4.60. The van der Waals surface area contributed by atoms with Gasteiger partial charge in [0.2, 0.25) is 0 Å². The molecule has 1 amide bonds. The van der Waals surface area contributed by atoms with E-state index in [1.165, 1.54) is 0 Å². The van der Waals surface area contributed by atoms with E-state index in [2.05, 4.69) is 26.3 Å². The van der Waals surface area contributed by atoms with Gasteiger partial charge in [-0.25, -0.2) is 9.78 Å². The van der Waals surface area contributed by atoms with Crippen LogP contribution in [0.5, 0.6) is 0 Å². The molecule has 1 aliphatic rings. The van der Waals surface area contributed by atoms with Crippen LogP contribution in [-0.2, 0) is 11.2 Å². The zero-order valence-corrected chi connectivity index (χ0v) is 18.5. The molecule has 30 heavy (non-hydrogen) atoms. The van der Waals surface area contributed by atoms with Gasteiger partial charge in [-0.15, -0.1) is 11.3 Å². The van der Waals surface area contributed by atoms with E-state index in [9.17, 15) is 10.1 Å². The van der Waals surface area contributed by atoms with E-state index >= 15 is 0 Å². The fourth-order valence-electron chi connectivity index (χ4n) is 4.26. The second kappa shape index (κ2) is 8.23. The Morgan fingerprint density at radius 2 is 2.10 bits per heavy atom. The largest absolute Gasteiger partial charge is 0.444 e. The third-order valence-corrected chi connectivity index (χ3v) is 6.46. The van der Waals surface area contributed by atoms with Crippen LogP contribution in [0, 0.1) is 17.2 Å². The first-order valence-electron chi connectivity index (χ1n) is 10.4. The number of carbonyl (C=O) groups is 1. The molecule has 3 aromatic heterocycles. The van der Waals surface area contributed by atoms with E-state index < -0.39 is 5.60 Å². The van der Waals surface area contributed by atoms with Crippen molar-refractivity contribution in [3.05, 3.63) is 23.5 Å². The second-order valence-electron chi connectivity index (χ2n) is 8.92. The maximum Gasteiger partial charge on any atom is 0.407 e. The molecule has 0 aliphatic heterocycles. The normalized spacial score (nSPS) is 19.7. The van der Waals surface area contributed by atoms with E-state index in [4.69, 9.17) is 9.72 Å². The van der Waals surface area contributed by atoms with Crippen molar-refractivity contribution in [2.75, 3.05) is 6.54 Å². The number of nitrogens with zero attached hydrogens (tertiary/aromatic N) is 4. The minimum atomic E-state index is -0.483. The molecule has 3 heterocycles. The fraction of sp³-hybridized carbons (Fsp3) is 0.545. The summed E-state index contributed by atoms with van der Waals surface area (Å²) in [5.74, 6) is 1.26. The second-order valence-corrected chi connectivity index (χ2v) is 9.83. The van der Waals surface area contributed by atoms with Gasteiger partial charge in [0.15, 0.2) is 0 Å². The smallest absolute Gasteiger partial charge is 0.407 e. The average molecular weight is 426 g/mol. The number of nitrogens with one attached hydrogen (secondary N) is 1. The minimum absolute atomic E-state index is 0.293. The summed E-state index contributed by atoms with van der Waals surface area (Å²) in [5.41, 5.74) is 2.47. The lowest BCUT2D eigenvalue weighted by Gasteiger charge is -2.31. The van der Waals surface area contributed by atoms with Crippen LogP contribution in [0.1, 0.15) is 58.3 Å². The van der Waals surface area contributed by atoms with Crippen molar-refractivity contribution < 1.29 is 9.53 Å². The molecule has 0 saturated heterocycles. The number of fused-ring (bicyclic) bond motifs is 3. The average Bonchev–Trinajstić information content (AvgIpc) is 3.29. The lowest BCUT2D eigenvalue weighted by Crippen LogP contribution is -2.36. The van der Waals surface area contributed by atoms with Crippen molar-refractivity contribution >= 4 is 38.7 Å². The molecule has 0 radical (unpaired) electrons. The Hall–Kier alpha value is -2.66. The molecule has 0 spiro atoms. The quantitative estimate of drug-likeness (QED) is 0.637. The molecule has 4 rings (SSSR count). The van der Waals surface area contributed by atoms with Crippen LogP contribution >= 0.6 is 11.3 Å². The number of hydrogen-bond donors (Lipinski definition) is 1. The Kier molecular flexibility index (Phi) is 5.65. The number of imidazole rings is 1. The number of rotatable bonds is 4. The van der Waals surface area contributed by atoms with Crippen molar-refractivity contribution in [2.45, 2.75) is 64.5 Å². The predicted molar refractivity (Wildman–Crippen MR) is 117 cm³/mol. The van der Waals surface area contributed by atoms with Crippen LogP contribution in [0.15, 0.2) is 17.6 Å². The van der Waals surface area contributed by atoms with Gasteiger partial charge in [-0.05, 0) is 63.8 Å². The summed E-state index contributed by atoms with van der Waals surface area (Å²) in [6.45, 7) is 6.24. The monoisotopic (exact) mass is 425 g/mol. The number of aromatic nitrogens is 3. The first-order valence-corrected chi connectivity index (χ1v) is 11.3. The lowest BCUT2D eigenvalue weighted by molar-refractivity contribution is 0.0513. The number of pyridine rings is 1. The number of nitriles is 1. The molecule has 1 saturated carbocycles. The summed E-state index contributed by atoms with van der Waals surface area (Å²) >= 11 is 1.68. The maximum atomic E-state index is 11.9. The Morgan fingerprint density at radius 3 is 2.80 bits per heavy atom. The van der Waals surface area contributed by atoms with E-state index in [0.717, 1.165) is 52.8 Å². The number of amides is 1. The van der Waals surface area contributed by atoms with Gasteiger partial charge in [0.05, 0.1) is 34.4 Å². The van der Waals surface area contributed by atoms with Gasteiger partial charge in [-0.3, -0.25) is 4.98 Å². The molecular weight excluding hydrogens is 398 g/mol. The van der Waals surface area contributed by atoms with Crippen LogP contribution in [-0.4, -0.2) is 32.8 Å². The standard InChI is InChI=1S/C22H27N5O2S/c1-22(2,3)29-21(28)25-12-14-4-6-15(7-5-14)27-18(8-10-23)26-17-13-24-16-9-11-30-20(16)19(17)27/h9,11,13-15H,4-8,12H2,1-3H3,(H,25,28). The van der Waals surface area contributed by atoms with Gasteiger partial charge in [0.25, 0.3) is 0 Å². The Labute approximate surface area is 180 Å². The Bertz CT molecular complexity index is 1100. The first-order chi connectivity index (χ1) is 14.4. The highest BCUT2D eigenvalue weighted by atomic mass is 32.1. The lowest BCUT2D eigenvalue weighted by atomic mass is 9.85. The van der Waals surface area contributed by atoms with Crippen molar-refractivity contribution in [3.63, 3.8) is 0 Å². The minimum Gasteiger partial charge on any atom is -0.444 e. The summed E-state index contributed by atoms with van der Waals surface area (Å²) < 4.78 is 8.76. The van der Waals surface area contributed by atoms with E-state index in [0.29, 0.717) is 24.9 Å². The van der Waals surface area contributed by atoms with Gasteiger partial charge in [-0.2, -0.15) is 5.26 Å². The Balaban J connectivity index is 1.49. The molecule has 0 bridgehead atoms. The van der Waals surface area contributed by atoms with Crippen LogP contribution < -0.4 is 5.32 Å². The van der Waals surface area contributed by atoms with E-state index in [-0.39, 0.29) is 6.09 Å². The Morgan fingerprint density at radius 1 is 1.33 bits per heavy atom. The zero-order chi connectivity index (χ0) is 21.3. The number of alkyl carbamates (subject to hydrolysis) is 1. The van der Waals surface area contributed by atoms with Crippen molar-refractivity contribution in [3.8, 4) is 6.07 Å². The molecule has 3 aromatic rings. The molecule has 8 heteroatoms. The maximum absolute atomic E-state index is 11.9. The molecule has 1 N–H and O–H groups in total. The highest BCUT2D eigenvalue weighted by Crippen LogP contribution is 2.38. The van der Waals surface area contributed by atoms with Crippen molar-refractivity contribution in [1.29, 1.82) is 5.26 Å². The van der Waals surface area contributed by atoms with Gasteiger partial charge >= 0.3 is 6.09 Å². The van der Waals surface area contributed by atoms with Crippen LogP contribution in [0.4, 0.5) is 4.79 Å². The van der Waals surface area contributed by atoms with Gasteiger partial charge in [0.1, 0.15) is 16.9 Å². The highest BCUT2D eigenvalue weighted by molar-refractivity contribution is 7.18. The fourth-order valence-corrected chi connectivity index (χ4v) is 5.15. The third kappa shape index (κ3) is 4.26. The number of ether oxygens (including phenoxy) is 1. The van der Waals surface area contributed by atoms with Crippen LogP contribution in [0.25, 0.3) is 21.3 Å². The highest BCUT2D eigenvalue weighted by Gasteiger charge is 2.27. The molecule has 1 aliphatic carbocycles. The molecule has 1 fully saturated rings. The molecule has 0 atom stereocenters. The number of thiophene rings is 1. The summed E-state index contributed by atoms with van der Waals surface area (Å²) in [4.78, 5) is 21.2. The van der Waals surface area contributed by atoms with Gasteiger partial charge in [0, 0.05) is 12.6 Å². The molecular formula is C22H27N5O2S. The SMILES string of the molecule is CC(C)(C)OC(=O)NCC1CCC(n2c(CC#N)nc3cnc4ccsc4c32)CC1. The van der Waals surface area contributed by atoms with Crippen molar-refractivity contribution in [2.24, 2.45) is 5.92 Å². The van der Waals surface area contributed by atoms with Crippen LogP contribution in [0.3, 0.4) is 0 Å². The first kappa shape index (κ1) is 20.6. The topological polar surface area (TPSA) is 92.8 Å². The van der Waals surface area contributed by atoms with Crippen molar-refractivity contribution in [1.82, 2.24) is 19.9 Å². The van der Waals surface area contributed by atoms with E-state index in [1.807, 2.05) is 33.0 Å². The zero-order valence-electron chi connectivity index (χ0n) is 17.6. The van der Waals surface area contributed by atoms with Crippen LogP contribution in [0.2, 0.25) is 0 Å². The summed E-state index contributed by atoms with van der Waals surface area (Å²) in [5, 5.41) is 14.3. The molecule has 158 valence electrons. The van der Waals surface area contributed by atoms with Gasteiger partial charge in [-0.1, -0.05) is 0 Å². The predicted octanol–water partition coefficient (Wildman–Crippen LogP) is 4.97. The summed E-state index contributed by atoms with van der Waals surface area (Å²) in [7, 11) is 0. The summed E-state index contributed by atoms with van der Waals surface area (Å²) in [6.07, 6.45) is 5.80. The molecule has 7 nitrogen and oxygen atoms in total. The molecule has 0 aromatic carbocycles. The van der Waals surface area contributed by atoms with E-state index in [1.54, 1.807) is 11.3 Å². The number of carbonyl (C=O) groups excluding carboxylic acids is 1. The molecule has 0 unspecified atom stereocenters. The number of hydrogen-bond acceptors (Lipinski definition) is 6. The van der Waals surface area contributed by atoms with Gasteiger partial charge < -0.3 is 14.6 Å². The third-order valence-electron chi connectivity index (χ3n) is 5.55.